The molecule has 1 amide bonds. The summed E-state index contributed by atoms with van der Waals surface area (Å²) >= 11 is 0. The number of piperazine rings is 1. The van der Waals surface area contributed by atoms with Gasteiger partial charge in [-0.15, -0.1) is 0 Å². The summed E-state index contributed by atoms with van der Waals surface area (Å²) in [5.41, 5.74) is 6.12. The van der Waals surface area contributed by atoms with Gasteiger partial charge in [-0.05, 0) is 18.6 Å². The smallest absolute Gasteiger partial charge is 0.272 e. The van der Waals surface area contributed by atoms with Crippen LogP contribution < -0.4 is 5.73 Å². The minimum atomic E-state index is -0.429. The van der Waals surface area contributed by atoms with Crippen LogP contribution in [0.25, 0.3) is 0 Å². The van der Waals surface area contributed by atoms with Crippen LogP contribution in [0.15, 0.2) is 18.3 Å². The molecule has 1 aromatic heterocycles. The molecule has 1 unspecified atom stereocenters. The van der Waals surface area contributed by atoms with Gasteiger partial charge in [-0.3, -0.25) is 9.69 Å². The molecule has 1 atom stereocenters. The van der Waals surface area contributed by atoms with Crippen LogP contribution in [0.2, 0.25) is 0 Å². The SMILES string of the molecule is CCCC(CN)N1CCN(C(=O)c2ccc(F)cn2)CC1. The molecular weight excluding hydrogens is 271 g/mol. The number of amides is 1. The highest BCUT2D eigenvalue weighted by molar-refractivity contribution is 5.92. The Bertz CT molecular complexity index is 457. The van der Waals surface area contributed by atoms with E-state index in [1.807, 2.05) is 0 Å². The van der Waals surface area contributed by atoms with Gasteiger partial charge in [0.15, 0.2) is 0 Å². The second-order valence-corrected chi connectivity index (χ2v) is 5.37. The molecule has 0 aromatic carbocycles. The Morgan fingerprint density at radius 2 is 2.10 bits per heavy atom. The number of aromatic nitrogens is 1. The first-order valence-corrected chi connectivity index (χ1v) is 7.50. The normalized spacial score (nSPS) is 17.8. The third-order valence-electron chi connectivity index (χ3n) is 3.96. The van der Waals surface area contributed by atoms with Crippen molar-refractivity contribution in [1.29, 1.82) is 0 Å². The van der Waals surface area contributed by atoms with Gasteiger partial charge in [-0.1, -0.05) is 13.3 Å². The Balaban J connectivity index is 1.91. The van der Waals surface area contributed by atoms with E-state index < -0.39 is 5.82 Å². The molecule has 1 aromatic rings. The van der Waals surface area contributed by atoms with Crippen LogP contribution >= 0.6 is 0 Å². The third kappa shape index (κ3) is 3.98. The maximum absolute atomic E-state index is 12.8. The molecular formula is C15H23FN4O. The van der Waals surface area contributed by atoms with Crippen LogP contribution in [0.3, 0.4) is 0 Å². The summed E-state index contributed by atoms with van der Waals surface area (Å²) in [5, 5.41) is 0. The lowest BCUT2D eigenvalue weighted by Gasteiger charge is -2.38. The largest absolute Gasteiger partial charge is 0.335 e. The van der Waals surface area contributed by atoms with Crippen LogP contribution in [0, 0.1) is 5.82 Å². The molecule has 6 heteroatoms. The first-order chi connectivity index (χ1) is 10.2. The van der Waals surface area contributed by atoms with E-state index in [-0.39, 0.29) is 5.91 Å². The molecule has 116 valence electrons. The highest BCUT2D eigenvalue weighted by Crippen LogP contribution is 2.12. The Morgan fingerprint density at radius 1 is 1.38 bits per heavy atom. The minimum Gasteiger partial charge on any atom is -0.335 e. The van der Waals surface area contributed by atoms with Crippen molar-refractivity contribution in [3.8, 4) is 0 Å². The van der Waals surface area contributed by atoms with Crippen LogP contribution in [-0.2, 0) is 0 Å². The number of halogens is 1. The Morgan fingerprint density at radius 3 is 2.62 bits per heavy atom. The van der Waals surface area contributed by atoms with E-state index >= 15 is 0 Å². The summed E-state index contributed by atoms with van der Waals surface area (Å²) in [6, 6.07) is 3.10. The van der Waals surface area contributed by atoms with Gasteiger partial charge in [-0.25, -0.2) is 9.37 Å². The highest BCUT2D eigenvalue weighted by Gasteiger charge is 2.26. The van der Waals surface area contributed by atoms with Crippen LogP contribution in [0.5, 0.6) is 0 Å². The fraction of sp³-hybridized carbons (Fsp3) is 0.600. The summed E-state index contributed by atoms with van der Waals surface area (Å²) in [4.78, 5) is 20.3. The van der Waals surface area contributed by atoms with E-state index in [4.69, 9.17) is 5.73 Å². The second kappa shape index (κ2) is 7.47. The Kier molecular flexibility index (Phi) is 5.64. The van der Waals surface area contributed by atoms with Gasteiger partial charge in [0.25, 0.3) is 5.91 Å². The number of hydrogen-bond acceptors (Lipinski definition) is 4. The first-order valence-electron chi connectivity index (χ1n) is 7.50. The topological polar surface area (TPSA) is 62.5 Å². The van der Waals surface area contributed by atoms with Crippen molar-refractivity contribution in [2.24, 2.45) is 5.73 Å². The van der Waals surface area contributed by atoms with Gasteiger partial charge < -0.3 is 10.6 Å². The molecule has 2 heterocycles. The number of nitrogens with zero attached hydrogens (tertiary/aromatic N) is 3. The van der Waals surface area contributed by atoms with Gasteiger partial charge in [0.05, 0.1) is 6.20 Å². The zero-order valence-electron chi connectivity index (χ0n) is 12.5. The van der Waals surface area contributed by atoms with E-state index in [9.17, 15) is 9.18 Å². The Labute approximate surface area is 124 Å². The lowest BCUT2D eigenvalue weighted by atomic mass is 10.1. The molecule has 1 fully saturated rings. The Hall–Kier alpha value is -1.53. The maximum atomic E-state index is 12.8. The van der Waals surface area contributed by atoms with Gasteiger partial charge in [-0.2, -0.15) is 0 Å². The van der Waals surface area contributed by atoms with Crippen molar-refractivity contribution in [3.05, 3.63) is 29.8 Å². The first kappa shape index (κ1) is 15.9. The van der Waals surface area contributed by atoms with Crippen molar-refractivity contribution >= 4 is 5.91 Å². The lowest BCUT2D eigenvalue weighted by molar-refractivity contribution is 0.0561. The maximum Gasteiger partial charge on any atom is 0.272 e. The predicted molar refractivity (Wildman–Crippen MR) is 79.4 cm³/mol. The minimum absolute atomic E-state index is 0.130. The molecule has 2 N–H and O–H groups in total. The monoisotopic (exact) mass is 294 g/mol. The molecule has 0 bridgehead atoms. The standard InChI is InChI=1S/C15H23FN4O/c1-2-3-13(10-17)19-6-8-20(9-7-19)15(21)14-5-4-12(16)11-18-14/h4-5,11,13H,2-3,6-10,17H2,1H3. The molecule has 1 aliphatic heterocycles. The van der Waals surface area contributed by atoms with Crippen molar-refractivity contribution in [2.75, 3.05) is 32.7 Å². The average Bonchev–Trinajstić information content (AvgIpc) is 2.53. The number of rotatable bonds is 5. The molecule has 1 saturated heterocycles. The summed E-state index contributed by atoms with van der Waals surface area (Å²) in [5.74, 6) is -0.559. The number of pyridine rings is 1. The van der Waals surface area contributed by atoms with Crippen LogP contribution in [0.1, 0.15) is 30.3 Å². The number of carbonyl (C=O) groups excluding carboxylic acids is 1. The summed E-state index contributed by atoms with van der Waals surface area (Å²) in [6.07, 6.45) is 3.28. The van der Waals surface area contributed by atoms with Crippen molar-refractivity contribution < 1.29 is 9.18 Å². The zero-order chi connectivity index (χ0) is 15.2. The van der Waals surface area contributed by atoms with Crippen LogP contribution in [-0.4, -0.2) is 59.5 Å². The number of carbonyl (C=O) groups is 1. The van der Waals surface area contributed by atoms with Gasteiger partial charge in [0, 0.05) is 38.8 Å². The molecule has 21 heavy (non-hydrogen) atoms. The second-order valence-electron chi connectivity index (χ2n) is 5.37. The zero-order valence-corrected chi connectivity index (χ0v) is 12.5. The van der Waals surface area contributed by atoms with Crippen LogP contribution in [0.4, 0.5) is 4.39 Å². The molecule has 5 nitrogen and oxygen atoms in total. The van der Waals surface area contributed by atoms with Crippen molar-refractivity contribution in [3.63, 3.8) is 0 Å². The highest BCUT2D eigenvalue weighted by atomic mass is 19.1. The molecule has 1 aliphatic rings. The fourth-order valence-corrected chi connectivity index (χ4v) is 2.74. The molecule has 0 spiro atoms. The molecule has 2 rings (SSSR count). The van der Waals surface area contributed by atoms with Crippen molar-refractivity contribution in [2.45, 2.75) is 25.8 Å². The fourth-order valence-electron chi connectivity index (χ4n) is 2.74. The van der Waals surface area contributed by atoms with Gasteiger partial charge >= 0.3 is 0 Å². The summed E-state index contributed by atoms with van der Waals surface area (Å²) in [6.45, 7) is 5.80. The van der Waals surface area contributed by atoms with E-state index in [0.717, 1.165) is 32.1 Å². The quantitative estimate of drug-likeness (QED) is 0.883. The van der Waals surface area contributed by atoms with E-state index in [1.54, 1.807) is 4.90 Å². The molecule has 0 radical (unpaired) electrons. The lowest BCUT2D eigenvalue weighted by Crippen LogP contribution is -2.53. The van der Waals surface area contributed by atoms with E-state index in [0.29, 0.717) is 31.4 Å². The van der Waals surface area contributed by atoms with E-state index in [2.05, 4.69) is 16.8 Å². The molecule has 0 aliphatic carbocycles. The molecule has 0 saturated carbocycles. The average molecular weight is 294 g/mol. The number of nitrogens with two attached hydrogens (primary N) is 1. The van der Waals surface area contributed by atoms with Gasteiger partial charge in [0.1, 0.15) is 11.5 Å². The number of hydrogen-bond donors (Lipinski definition) is 1. The summed E-state index contributed by atoms with van der Waals surface area (Å²) in [7, 11) is 0. The third-order valence-corrected chi connectivity index (χ3v) is 3.96. The predicted octanol–water partition coefficient (Wildman–Crippen LogP) is 1.11. The van der Waals surface area contributed by atoms with Gasteiger partial charge in [0.2, 0.25) is 0 Å². The van der Waals surface area contributed by atoms with E-state index in [1.165, 1.54) is 12.1 Å². The van der Waals surface area contributed by atoms with Crippen molar-refractivity contribution in [1.82, 2.24) is 14.8 Å². The summed E-state index contributed by atoms with van der Waals surface area (Å²) < 4.78 is 12.8.